The smallest absolute Gasteiger partial charge is 0.243 e. The summed E-state index contributed by atoms with van der Waals surface area (Å²) < 4.78 is 0. The zero-order valence-corrected chi connectivity index (χ0v) is 21.4. The number of carbonyl (C=O) groups is 2. The molecule has 0 radical (unpaired) electrons. The van der Waals surface area contributed by atoms with Gasteiger partial charge in [-0.2, -0.15) is 0 Å². The monoisotopic (exact) mass is 459 g/mol. The first kappa shape index (κ1) is 23.7. The van der Waals surface area contributed by atoms with Gasteiger partial charge < -0.3 is 10.6 Å². The van der Waals surface area contributed by atoms with E-state index in [1.807, 2.05) is 4.90 Å². The quantitative estimate of drug-likeness (QED) is 0.614. The summed E-state index contributed by atoms with van der Waals surface area (Å²) in [4.78, 5) is 27.7. The van der Waals surface area contributed by atoms with E-state index in [4.69, 9.17) is 12.2 Å². The zero-order valence-electron chi connectivity index (χ0n) is 20.6. The molecule has 2 amide bonds. The summed E-state index contributed by atoms with van der Waals surface area (Å²) >= 11 is 5.66. The van der Waals surface area contributed by atoms with E-state index in [-0.39, 0.29) is 46.7 Å². The molecule has 3 saturated carbocycles. The van der Waals surface area contributed by atoms with Gasteiger partial charge in [-0.25, -0.2) is 0 Å². The van der Waals surface area contributed by atoms with Gasteiger partial charge in [0.1, 0.15) is 0 Å². The largest absolute Gasteiger partial charge is 0.360 e. The standard InChI is InChI=1S/C26H41N3O2S/c1-15(2)27-24(32)29(16(3)4)23(31)20-9-8-18-17-7-10-21-26(6,14-12-22(30)28-21)19(17)11-13-25(18,20)5/h12,14-21H,7-11,13H2,1-6H3,(H,27,32)(H,28,30)/t17-,18-,19-,20+,21+,25-,26+/m0/s1. The van der Waals surface area contributed by atoms with Crippen LogP contribution in [0.3, 0.4) is 0 Å². The third-order valence-electron chi connectivity index (χ3n) is 9.37. The van der Waals surface area contributed by atoms with E-state index in [1.165, 1.54) is 0 Å². The lowest BCUT2D eigenvalue weighted by Gasteiger charge is -2.58. The molecule has 178 valence electrons. The van der Waals surface area contributed by atoms with E-state index < -0.39 is 0 Å². The highest BCUT2D eigenvalue weighted by Crippen LogP contribution is 2.65. The van der Waals surface area contributed by atoms with Gasteiger partial charge in [0, 0.05) is 29.5 Å². The Bertz CT molecular complexity index is 824. The van der Waals surface area contributed by atoms with Crippen LogP contribution in [-0.4, -0.2) is 40.0 Å². The lowest BCUT2D eigenvalue weighted by molar-refractivity contribution is -0.141. The van der Waals surface area contributed by atoms with Crippen molar-refractivity contribution in [2.45, 2.75) is 98.2 Å². The molecule has 32 heavy (non-hydrogen) atoms. The maximum Gasteiger partial charge on any atom is 0.243 e. The molecule has 3 aliphatic carbocycles. The molecule has 3 fully saturated rings. The maximum absolute atomic E-state index is 13.9. The fourth-order valence-corrected chi connectivity index (χ4v) is 8.35. The number of nitrogens with one attached hydrogen (secondary N) is 2. The summed E-state index contributed by atoms with van der Waals surface area (Å²) in [5, 5.41) is 7.09. The first-order valence-electron chi connectivity index (χ1n) is 12.6. The van der Waals surface area contributed by atoms with Crippen molar-refractivity contribution < 1.29 is 9.59 Å². The van der Waals surface area contributed by atoms with Gasteiger partial charge >= 0.3 is 0 Å². The molecule has 0 unspecified atom stereocenters. The molecule has 0 bridgehead atoms. The first-order chi connectivity index (χ1) is 15.0. The molecule has 4 aliphatic rings. The number of fused-ring (bicyclic) bond motifs is 5. The topological polar surface area (TPSA) is 61.4 Å². The molecule has 1 heterocycles. The van der Waals surface area contributed by atoms with E-state index in [1.54, 1.807) is 6.08 Å². The van der Waals surface area contributed by atoms with Gasteiger partial charge in [-0.1, -0.05) is 19.9 Å². The number of rotatable bonds is 3. The van der Waals surface area contributed by atoms with Crippen LogP contribution in [0.1, 0.15) is 80.1 Å². The minimum absolute atomic E-state index is 0.0314. The van der Waals surface area contributed by atoms with Crippen molar-refractivity contribution >= 4 is 29.1 Å². The molecule has 0 aromatic rings. The summed E-state index contributed by atoms with van der Waals surface area (Å²) in [5.41, 5.74) is 0.0661. The summed E-state index contributed by atoms with van der Waals surface area (Å²) in [7, 11) is 0. The summed E-state index contributed by atoms with van der Waals surface area (Å²) in [6, 6.07) is 0.504. The van der Waals surface area contributed by atoms with E-state index in [9.17, 15) is 9.59 Å². The van der Waals surface area contributed by atoms with E-state index >= 15 is 0 Å². The zero-order chi connectivity index (χ0) is 23.4. The molecule has 2 N–H and O–H groups in total. The van der Waals surface area contributed by atoms with Gasteiger partial charge in [-0.15, -0.1) is 0 Å². The second-order valence-corrected chi connectivity index (χ2v) is 12.2. The van der Waals surface area contributed by atoms with Crippen molar-refractivity contribution in [3.8, 4) is 0 Å². The Morgan fingerprint density at radius 2 is 1.84 bits per heavy atom. The Hall–Kier alpha value is -1.43. The Morgan fingerprint density at radius 1 is 1.12 bits per heavy atom. The SMILES string of the molecule is CC(C)NC(=S)N(C(=O)[C@H]1CC[C@H]2[C@@H]3CC[C@H]4NC(=O)C=C[C@]4(C)[C@H]3CC[C@]12C)C(C)C. The molecule has 7 atom stereocenters. The number of carbonyl (C=O) groups excluding carboxylic acids is 2. The van der Waals surface area contributed by atoms with E-state index in [2.05, 4.69) is 58.3 Å². The summed E-state index contributed by atoms with van der Waals surface area (Å²) in [6.45, 7) is 13.0. The van der Waals surface area contributed by atoms with Gasteiger partial charge in [0.2, 0.25) is 11.8 Å². The van der Waals surface area contributed by atoms with Crippen LogP contribution < -0.4 is 10.6 Å². The second-order valence-electron chi connectivity index (χ2n) is 11.8. The van der Waals surface area contributed by atoms with Gasteiger partial charge in [-0.3, -0.25) is 14.5 Å². The van der Waals surface area contributed by atoms with Gasteiger partial charge in [0.25, 0.3) is 0 Å². The number of nitrogens with zero attached hydrogens (tertiary/aromatic N) is 1. The van der Waals surface area contributed by atoms with Crippen LogP contribution in [-0.2, 0) is 9.59 Å². The normalized spacial score (nSPS) is 40.4. The Balaban J connectivity index is 1.57. The Kier molecular flexibility index (Phi) is 6.23. The molecular formula is C26H41N3O2S. The minimum Gasteiger partial charge on any atom is -0.360 e. The van der Waals surface area contributed by atoms with Gasteiger partial charge in [0.15, 0.2) is 5.11 Å². The number of hydrogen-bond donors (Lipinski definition) is 2. The first-order valence-corrected chi connectivity index (χ1v) is 13.0. The van der Waals surface area contributed by atoms with Crippen LogP contribution in [0.2, 0.25) is 0 Å². The van der Waals surface area contributed by atoms with Crippen molar-refractivity contribution in [1.29, 1.82) is 0 Å². The molecule has 6 heteroatoms. The highest BCUT2D eigenvalue weighted by atomic mass is 32.1. The fraction of sp³-hybridized carbons (Fsp3) is 0.808. The van der Waals surface area contributed by atoms with Crippen molar-refractivity contribution in [2.75, 3.05) is 0 Å². The minimum atomic E-state index is 0.0314. The van der Waals surface area contributed by atoms with Crippen molar-refractivity contribution in [2.24, 2.45) is 34.5 Å². The Morgan fingerprint density at radius 3 is 2.50 bits per heavy atom. The predicted octanol–water partition coefficient (Wildman–Crippen LogP) is 4.42. The fourth-order valence-electron chi connectivity index (χ4n) is 7.81. The molecule has 5 nitrogen and oxygen atoms in total. The molecular weight excluding hydrogens is 418 g/mol. The molecule has 4 rings (SSSR count). The number of amides is 2. The van der Waals surface area contributed by atoms with Gasteiger partial charge in [-0.05, 0) is 108 Å². The van der Waals surface area contributed by atoms with E-state index in [0.717, 1.165) is 38.5 Å². The average molecular weight is 460 g/mol. The maximum atomic E-state index is 13.9. The summed E-state index contributed by atoms with van der Waals surface area (Å²) in [6.07, 6.45) is 10.4. The Labute approximate surface area is 199 Å². The van der Waals surface area contributed by atoms with Gasteiger partial charge in [0.05, 0.1) is 0 Å². The van der Waals surface area contributed by atoms with Crippen LogP contribution in [0.15, 0.2) is 12.2 Å². The van der Waals surface area contributed by atoms with Crippen molar-refractivity contribution in [1.82, 2.24) is 15.5 Å². The van der Waals surface area contributed by atoms with Crippen LogP contribution in [0.4, 0.5) is 0 Å². The summed E-state index contributed by atoms with van der Waals surface area (Å²) in [5.74, 6) is 2.08. The lowest BCUT2D eigenvalue weighted by Crippen LogP contribution is -2.60. The third kappa shape index (κ3) is 3.70. The highest BCUT2D eigenvalue weighted by molar-refractivity contribution is 7.80. The molecule has 1 aliphatic heterocycles. The van der Waals surface area contributed by atoms with Crippen LogP contribution >= 0.6 is 12.2 Å². The number of thiocarbonyl (C=S) groups is 1. The predicted molar refractivity (Wildman–Crippen MR) is 132 cm³/mol. The van der Waals surface area contributed by atoms with Crippen LogP contribution in [0, 0.1) is 34.5 Å². The number of hydrogen-bond acceptors (Lipinski definition) is 3. The molecule has 0 aromatic heterocycles. The highest BCUT2D eigenvalue weighted by Gasteiger charge is 2.61. The van der Waals surface area contributed by atoms with E-state index in [0.29, 0.717) is 22.9 Å². The molecule has 0 aromatic carbocycles. The molecule has 0 spiro atoms. The third-order valence-corrected chi connectivity index (χ3v) is 9.68. The lowest BCUT2D eigenvalue weighted by atomic mass is 9.48. The average Bonchev–Trinajstić information content (AvgIpc) is 3.05. The molecule has 0 saturated heterocycles. The van der Waals surface area contributed by atoms with Crippen LogP contribution in [0.5, 0.6) is 0 Å². The van der Waals surface area contributed by atoms with Crippen molar-refractivity contribution in [3.05, 3.63) is 12.2 Å². The second kappa shape index (κ2) is 8.41. The van der Waals surface area contributed by atoms with Crippen molar-refractivity contribution in [3.63, 3.8) is 0 Å². The van der Waals surface area contributed by atoms with Crippen LogP contribution in [0.25, 0.3) is 0 Å².